The lowest BCUT2D eigenvalue weighted by molar-refractivity contribution is -0.0384. The quantitative estimate of drug-likeness (QED) is 0.522. The summed E-state index contributed by atoms with van der Waals surface area (Å²) in [5, 5.41) is 16.9. The van der Waals surface area contributed by atoms with Gasteiger partial charge in [0.25, 0.3) is 0 Å². The van der Waals surface area contributed by atoms with Crippen LogP contribution in [0.5, 0.6) is 11.5 Å². The Labute approximate surface area is 189 Å². The van der Waals surface area contributed by atoms with Gasteiger partial charge in [-0.3, -0.25) is 0 Å². The number of halogens is 2. The van der Waals surface area contributed by atoms with E-state index in [2.05, 4.69) is 20.4 Å². The zero-order chi connectivity index (χ0) is 23.4. The number of methoxy groups -OCH3 is 1. The second-order valence-electron chi connectivity index (χ2n) is 7.60. The van der Waals surface area contributed by atoms with Crippen LogP contribution >= 0.6 is 0 Å². The Morgan fingerprint density at radius 2 is 2.00 bits per heavy atom. The number of aromatic nitrogens is 4. The monoisotopic (exact) mass is 461 g/mol. The minimum Gasteiger partial charge on any atom is -0.494 e. The lowest BCUT2D eigenvalue weighted by atomic mass is 10.1. The third-order valence-corrected chi connectivity index (χ3v) is 5.29. The van der Waals surface area contributed by atoms with E-state index in [1.165, 1.54) is 32.5 Å². The molecule has 0 saturated carbocycles. The number of aliphatic hydroxyl groups is 1. The van der Waals surface area contributed by atoms with Crippen LogP contribution in [0.15, 0.2) is 24.5 Å². The van der Waals surface area contributed by atoms with Crippen molar-refractivity contribution in [2.45, 2.75) is 45.6 Å². The van der Waals surface area contributed by atoms with Crippen LogP contribution in [0.4, 0.5) is 20.5 Å². The van der Waals surface area contributed by atoms with Gasteiger partial charge in [0.1, 0.15) is 18.2 Å². The number of aliphatic hydroxyl groups excluding tert-OH is 1. The van der Waals surface area contributed by atoms with Crippen LogP contribution in [0, 0.1) is 18.6 Å². The van der Waals surface area contributed by atoms with E-state index in [1.54, 1.807) is 10.7 Å². The van der Waals surface area contributed by atoms with E-state index >= 15 is 0 Å². The topological polar surface area (TPSA) is 104 Å². The molecular formula is C22H25F2N5O4. The van der Waals surface area contributed by atoms with Crippen LogP contribution in [-0.4, -0.2) is 38.6 Å². The van der Waals surface area contributed by atoms with Crippen molar-refractivity contribution in [3.63, 3.8) is 0 Å². The molecule has 1 aromatic carbocycles. The third kappa shape index (κ3) is 5.04. The Hall–Kier alpha value is -3.31. The van der Waals surface area contributed by atoms with Gasteiger partial charge in [-0.15, -0.1) is 0 Å². The van der Waals surface area contributed by atoms with E-state index in [0.717, 1.165) is 19.3 Å². The molecule has 0 amide bonds. The van der Waals surface area contributed by atoms with Crippen molar-refractivity contribution in [1.82, 2.24) is 19.7 Å². The number of nitrogens with zero attached hydrogens (tertiary/aromatic N) is 4. The second kappa shape index (κ2) is 10.1. The number of benzene rings is 1. The highest BCUT2D eigenvalue weighted by Gasteiger charge is 2.21. The van der Waals surface area contributed by atoms with Gasteiger partial charge in [-0.05, 0) is 37.8 Å². The van der Waals surface area contributed by atoms with Crippen molar-refractivity contribution in [2.24, 2.45) is 0 Å². The van der Waals surface area contributed by atoms with Crippen molar-refractivity contribution in [3.8, 4) is 11.5 Å². The van der Waals surface area contributed by atoms with Crippen molar-refractivity contribution < 1.29 is 28.1 Å². The van der Waals surface area contributed by atoms with Crippen LogP contribution < -0.4 is 14.8 Å². The molecule has 1 unspecified atom stereocenters. The number of anilines is 2. The predicted molar refractivity (Wildman–Crippen MR) is 114 cm³/mol. The summed E-state index contributed by atoms with van der Waals surface area (Å²) in [6.45, 7) is 1.61. The molecule has 9 nitrogen and oxygen atoms in total. The Morgan fingerprint density at radius 1 is 1.21 bits per heavy atom. The first-order chi connectivity index (χ1) is 16.0. The Bertz CT molecular complexity index is 1100. The molecular weight excluding hydrogens is 436 g/mol. The molecule has 0 aliphatic carbocycles. The van der Waals surface area contributed by atoms with E-state index in [1.807, 2.05) is 0 Å². The number of nitrogens with one attached hydrogen (secondary N) is 1. The van der Waals surface area contributed by atoms with E-state index in [9.17, 15) is 13.9 Å². The maximum absolute atomic E-state index is 14.4. The van der Waals surface area contributed by atoms with Crippen LogP contribution in [0.25, 0.3) is 0 Å². The van der Waals surface area contributed by atoms with Gasteiger partial charge in [0.05, 0.1) is 37.4 Å². The molecule has 0 radical (unpaired) electrons. The number of ether oxygens (including phenoxy) is 3. The first-order valence-electron chi connectivity index (χ1n) is 10.5. The molecule has 33 heavy (non-hydrogen) atoms. The fraction of sp³-hybridized carbons (Fsp3) is 0.409. The van der Waals surface area contributed by atoms with Crippen LogP contribution in [0.1, 0.15) is 42.3 Å². The Morgan fingerprint density at radius 3 is 2.67 bits per heavy atom. The SMILES string of the molecule is COc1cc(C)c(F)c(COc2cnc(Nc3cc(CO)nn3C3CCCCO3)nc2)c1F. The minimum absolute atomic E-state index is 0.0518. The van der Waals surface area contributed by atoms with E-state index in [-0.39, 0.29) is 48.0 Å². The van der Waals surface area contributed by atoms with Crippen molar-refractivity contribution in [1.29, 1.82) is 0 Å². The van der Waals surface area contributed by atoms with Gasteiger partial charge >= 0.3 is 0 Å². The van der Waals surface area contributed by atoms with Crippen LogP contribution in [0.2, 0.25) is 0 Å². The summed E-state index contributed by atoms with van der Waals surface area (Å²) in [6, 6.07) is 2.99. The average molecular weight is 461 g/mol. The molecule has 2 aromatic heterocycles. The lowest BCUT2D eigenvalue weighted by Crippen LogP contribution is -2.20. The Kier molecular flexibility index (Phi) is 6.99. The van der Waals surface area contributed by atoms with Crippen molar-refractivity contribution in [3.05, 3.63) is 53.0 Å². The normalized spacial score (nSPS) is 16.0. The van der Waals surface area contributed by atoms with Gasteiger partial charge in [-0.2, -0.15) is 5.10 Å². The first kappa shape index (κ1) is 22.9. The van der Waals surface area contributed by atoms with Crippen LogP contribution in [0.3, 0.4) is 0 Å². The molecule has 4 rings (SSSR count). The molecule has 2 N–H and O–H groups in total. The molecule has 1 saturated heterocycles. The summed E-state index contributed by atoms with van der Waals surface area (Å²) in [6.07, 6.45) is 5.38. The number of hydrogen-bond donors (Lipinski definition) is 2. The molecule has 1 atom stereocenters. The molecule has 3 aromatic rings. The molecule has 176 valence electrons. The summed E-state index contributed by atoms with van der Waals surface area (Å²) in [5.41, 5.74) is 0.509. The van der Waals surface area contributed by atoms with Gasteiger partial charge < -0.3 is 24.6 Å². The molecule has 0 spiro atoms. The van der Waals surface area contributed by atoms with Gasteiger partial charge in [0, 0.05) is 12.7 Å². The molecule has 1 aliphatic rings. The number of hydrogen-bond acceptors (Lipinski definition) is 8. The van der Waals surface area contributed by atoms with Gasteiger partial charge in [0.15, 0.2) is 23.5 Å². The minimum atomic E-state index is -0.808. The molecule has 1 fully saturated rings. The summed E-state index contributed by atoms with van der Waals surface area (Å²) >= 11 is 0. The number of rotatable bonds is 8. The first-order valence-corrected chi connectivity index (χ1v) is 10.5. The van der Waals surface area contributed by atoms with Gasteiger partial charge in [0.2, 0.25) is 5.95 Å². The fourth-order valence-electron chi connectivity index (χ4n) is 3.56. The maximum Gasteiger partial charge on any atom is 0.228 e. The van der Waals surface area contributed by atoms with E-state index < -0.39 is 11.6 Å². The number of aryl methyl sites for hydroxylation is 1. The molecule has 1 aliphatic heterocycles. The predicted octanol–water partition coefficient (Wildman–Crippen LogP) is 3.78. The standard InChI is InChI=1S/C22H25F2N5O4/c1-13-7-17(31-2)21(24)16(20(13)23)12-33-15-9-25-22(26-10-15)27-18-8-14(11-30)28-29(18)19-5-3-4-6-32-19/h7-10,19,30H,3-6,11-12H2,1-2H3,(H,25,26,27). The maximum atomic E-state index is 14.4. The summed E-state index contributed by atoms with van der Waals surface area (Å²) < 4.78 is 46.7. The highest BCUT2D eigenvalue weighted by atomic mass is 19.1. The Balaban J connectivity index is 1.46. The lowest BCUT2D eigenvalue weighted by Gasteiger charge is -2.24. The molecule has 0 bridgehead atoms. The van der Waals surface area contributed by atoms with Crippen LogP contribution in [-0.2, 0) is 18.0 Å². The molecule has 11 heteroatoms. The average Bonchev–Trinajstić information content (AvgIpc) is 3.26. The third-order valence-electron chi connectivity index (χ3n) is 5.29. The summed E-state index contributed by atoms with van der Waals surface area (Å²) in [4.78, 5) is 8.40. The van der Waals surface area contributed by atoms with Crippen molar-refractivity contribution >= 4 is 11.8 Å². The zero-order valence-electron chi connectivity index (χ0n) is 18.3. The van der Waals surface area contributed by atoms with E-state index in [4.69, 9.17) is 14.2 Å². The fourth-order valence-corrected chi connectivity index (χ4v) is 3.56. The second-order valence-corrected chi connectivity index (χ2v) is 7.60. The highest BCUT2D eigenvalue weighted by Crippen LogP contribution is 2.29. The smallest absolute Gasteiger partial charge is 0.228 e. The summed E-state index contributed by atoms with van der Waals surface area (Å²) in [5.74, 6) is -0.471. The van der Waals surface area contributed by atoms with Crippen molar-refractivity contribution in [2.75, 3.05) is 19.0 Å². The highest BCUT2D eigenvalue weighted by molar-refractivity contribution is 5.49. The van der Waals surface area contributed by atoms with Gasteiger partial charge in [-0.1, -0.05) is 0 Å². The molecule has 3 heterocycles. The summed E-state index contributed by atoms with van der Waals surface area (Å²) in [7, 11) is 1.32. The van der Waals surface area contributed by atoms with E-state index in [0.29, 0.717) is 18.1 Å². The largest absolute Gasteiger partial charge is 0.494 e. The van der Waals surface area contributed by atoms with Gasteiger partial charge in [-0.25, -0.2) is 23.4 Å². The zero-order valence-corrected chi connectivity index (χ0v) is 18.3.